The molecule has 2 heterocycles. The lowest BCUT2D eigenvalue weighted by Crippen LogP contribution is -2.51. The van der Waals surface area contributed by atoms with Crippen molar-refractivity contribution in [3.8, 4) is 10.4 Å². The highest BCUT2D eigenvalue weighted by molar-refractivity contribution is 7.13. The van der Waals surface area contributed by atoms with Crippen molar-refractivity contribution >= 4 is 35.3 Å². The van der Waals surface area contributed by atoms with Crippen molar-refractivity contribution in [2.45, 2.75) is 18.4 Å². The lowest BCUT2D eigenvalue weighted by molar-refractivity contribution is -0.140. The molecule has 23 heavy (non-hydrogen) atoms. The van der Waals surface area contributed by atoms with Crippen LogP contribution in [0.1, 0.15) is 12.8 Å². The van der Waals surface area contributed by atoms with E-state index >= 15 is 0 Å². The summed E-state index contributed by atoms with van der Waals surface area (Å²) in [5.41, 5.74) is 1.21. The van der Waals surface area contributed by atoms with Gasteiger partial charge in [-0.15, -0.1) is 23.7 Å². The highest BCUT2D eigenvalue weighted by Crippen LogP contribution is 2.28. The SMILES string of the molecule is COC1(C(=O)Nc2cccc(-c3cccs3)c2)CCNCC1.Cl. The fraction of sp³-hybridized carbons (Fsp3) is 0.353. The molecule has 1 aromatic carbocycles. The molecule has 6 heteroatoms. The number of hydrogen-bond donors (Lipinski definition) is 2. The summed E-state index contributed by atoms with van der Waals surface area (Å²) in [6.45, 7) is 1.60. The standard InChI is InChI=1S/C17H20N2O2S.ClH/c1-21-17(7-9-18-10-8-17)16(20)19-14-5-2-4-13(12-14)15-6-3-11-22-15;/h2-6,11-12,18H,7-10H2,1H3,(H,19,20);1H. The molecule has 0 bridgehead atoms. The average Bonchev–Trinajstić information content (AvgIpc) is 3.10. The van der Waals surface area contributed by atoms with Crippen LogP contribution in [-0.2, 0) is 9.53 Å². The maximum Gasteiger partial charge on any atom is 0.256 e. The predicted octanol–water partition coefficient (Wildman–Crippen LogP) is 3.54. The van der Waals surface area contributed by atoms with Crippen molar-refractivity contribution < 1.29 is 9.53 Å². The van der Waals surface area contributed by atoms with Gasteiger partial charge in [-0.1, -0.05) is 18.2 Å². The molecule has 0 spiro atoms. The van der Waals surface area contributed by atoms with E-state index in [9.17, 15) is 4.79 Å². The van der Waals surface area contributed by atoms with Crippen LogP contribution in [0, 0.1) is 0 Å². The summed E-state index contributed by atoms with van der Waals surface area (Å²) in [6.07, 6.45) is 1.39. The number of thiophene rings is 1. The maximum atomic E-state index is 12.7. The molecule has 0 saturated carbocycles. The van der Waals surface area contributed by atoms with Gasteiger partial charge < -0.3 is 15.4 Å². The van der Waals surface area contributed by atoms with E-state index < -0.39 is 5.60 Å². The van der Waals surface area contributed by atoms with E-state index in [0.717, 1.165) is 24.3 Å². The van der Waals surface area contributed by atoms with Gasteiger partial charge in [-0.2, -0.15) is 0 Å². The Hall–Kier alpha value is -1.40. The van der Waals surface area contributed by atoms with Crippen molar-refractivity contribution in [2.75, 3.05) is 25.5 Å². The van der Waals surface area contributed by atoms with E-state index in [1.54, 1.807) is 18.4 Å². The van der Waals surface area contributed by atoms with Crippen molar-refractivity contribution in [2.24, 2.45) is 0 Å². The summed E-state index contributed by atoms with van der Waals surface area (Å²) in [5, 5.41) is 8.33. The zero-order valence-electron chi connectivity index (χ0n) is 13.0. The summed E-state index contributed by atoms with van der Waals surface area (Å²) in [7, 11) is 1.62. The Morgan fingerprint density at radius 1 is 1.26 bits per heavy atom. The third kappa shape index (κ3) is 3.93. The summed E-state index contributed by atoms with van der Waals surface area (Å²) >= 11 is 1.69. The molecule has 1 fully saturated rings. The summed E-state index contributed by atoms with van der Waals surface area (Å²) in [6, 6.07) is 12.0. The summed E-state index contributed by atoms with van der Waals surface area (Å²) in [5.74, 6) is -0.0557. The first-order valence-corrected chi connectivity index (χ1v) is 8.33. The molecule has 0 aliphatic carbocycles. The van der Waals surface area contributed by atoms with E-state index in [1.165, 1.54) is 4.88 Å². The Morgan fingerprint density at radius 2 is 2.04 bits per heavy atom. The van der Waals surface area contributed by atoms with E-state index in [0.29, 0.717) is 12.8 Å². The minimum Gasteiger partial charge on any atom is -0.368 e. The van der Waals surface area contributed by atoms with Crippen LogP contribution in [-0.4, -0.2) is 31.7 Å². The van der Waals surface area contributed by atoms with Gasteiger partial charge in [-0.25, -0.2) is 0 Å². The summed E-state index contributed by atoms with van der Waals surface area (Å²) < 4.78 is 5.57. The lowest BCUT2D eigenvalue weighted by Gasteiger charge is -2.34. The quantitative estimate of drug-likeness (QED) is 0.884. The number of carbonyl (C=O) groups is 1. The minimum absolute atomic E-state index is 0. The topological polar surface area (TPSA) is 50.4 Å². The fourth-order valence-electron chi connectivity index (χ4n) is 2.79. The number of rotatable bonds is 4. The third-order valence-corrected chi connectivity index (χ3v) is 5.06. The van der Waals surface area contributed by atoms with Gasteiger partial charge >= 0.3 is 0 Å². The number of ether oxygens (including phenoxy) is 1. The van der Waals surface area contributed by atoms with Crippen molar-refractivity contribution in [1.29, 1.82) is 0 Å². The fourth-order valence-corrected chi connectivity index (χ4v) is 3.52. The Kier molecular flexibility index (Phi) is 6.18. The van der Waals surface area contributed by atoms with Crippen molar-refractivity contribution in [3.05, 3.63) is 41.8 Å². The molecular formula is C17H21ClN2O2S. The number of methoxy groups -OCH3 is 1. The maximum absolute atomic E-state index is 12.7. The number of benzene rings is 1. The second kappa shape index (κ2) is 7.93. The minimum atomic E-state index is -0.718. The first-order valence-electron chi connectivity index (χ1n) is 7.45. The predicted molar refractivity (Wildman–Crippen MR) is 97.5 cm³/mol. The molecule has 1 aliphatic heterocycles. The Morgan fingerprint density at radius 3 is 2.70 bits per heavy atom. The smallest absolute Gasteiger partial charge is 0.256 e. The number of anilines is 1. The number of nitrogens with one attached hydrogen (secondary N) is 2. The number of halogens is 1. The first kappa shape index (κ1) is 17.9. The zero-order chi connectivity index (χ0) is 15.4. The molecule has 4 nitrogen and oxygen atoms in total. The van der Waals surface area contributed by atoms with E-state index in [2.05, 4.69) is 28.1 Å². The molecule has 0 unspecified atom stereocenters. The number of piperidine rings is 1. The van der Waals surface area contributed by atoms with Crippen LogP contribution in [0.4, 0.5) is 5.69 Å². The summed E-state index contributed by atoms with van der Waals surface area (Å²) in [4.78, 5) is 13.9. The van der Waals surface area contributed by atoms with E-state index in [4.69, 9.17) is 4.74 Å². The highest BCUT2D eigenvalue weighted by Gasteiger charge is 2.39. The molecule has 1 saturated heterocycles. The molecule has 2 N–H and O–H groups in total. The van der Waals surface area contributed by atoms with Crippen LogP contribution in [0.3, 0.4) is 0 Å². The van der Waals surface area contributed by atoms with Crippen molar-refractivity contribution in [3.63, 3.8) is 0 Å². The molecule has 1 aliphatic rings. The molecule has 1 amide bonds. The largest absolute Gasteiger partial charge is 0.368 e. The molecule has 124 valence electrons. The lowest BCUT2D eigenvalue weighted by atomic mass is 9.91. The van der Waals surface area contributed by atoms with Crippen LogP contribution < -0.4 is 10.6 Å². The Labute approximate surface area is 146 Å². The van der Waals surface area contributed by atoms with Gasteiger partial charge in [0.05, 0.1) is 0 Å². The number of carbonyl (C=O) groups excluding carboxylic acids is 1. The molecule has 2 aromatic rings. The third-order valence-electron chi connectivity index (χ3n) is 4.14. The van der Waals surface area contributed by atoms with Gasteiger partial charge in [0.25, 0.3) is 5.91 Å². The molecule has 0 atom stereocenters. The van der Waals surface area contributed by atoms with Gasteiger partial charge in [0.2, 0.25) is 0 Å². The van der Waals surface area contributed by atoms with Crippen LogP contribution in [0.25, 0.3) is 10.4 Å². The van der Waals surface area contributed by atoms with Crippen LogP contribution in [0.5, 0.6) is 0 Å². The van der Waals surface area contributed by atoms with Crippen LogP contribution in [0.15, 0.2) is 41.8 Å². The highest BCUT2D eigenvalue weighted by atomic mass is 35.5. The molecule has 0 radical (unpaired) electrons. The average molecular weight is 353 g/mol. The molecule has 1 aromatic heterocycles. The molecular weight excluding hydrogens is 332 g/mol. The Balaban J connectivity index is 0.00000192. The van der Waals surface area contributed by atoms with Gasteiger partial charge in [-0.05, 0) is 55.1 Å². The zero-order valence-corrected chi connectivity index (χ0v) is 14.6. The second-order valence-corrected chi connectivity index (χ2v) is 6.41. The van der Waals surface area contributed by atoms with Gasteiger partial charge in [0.15, 0.2) is 0 Å². The van der Waals surface area contributed by atoms with Gasteiger partial charge in [0, 0.05) is 17.7 Å². The molecule has 3 rings (SSSR count). The van der Waals surface area contributed by atoms with Crippen LogP contribution >= 0.6 is 23.7 Å². The second-order valence-electron chi connectivity index (χ2n) is 5.46. The van der Waals surface area contributed by atoms with E-state index in [-0.39, 0.29) is 18.3 Å². The normalized spacial score (nSPS) is 16.4. The van der Waals surface area contributed by atoms with Gasteiger partial charge in [-0.3, -0.25) is 4.79 Å². The monoisotopic (exact) mass is 352 g/mol. The van der Waals surface area contributed by atoms with Crippen molar-refractivity contribution in [1.82, 2.24) is 5.32 Å². The van der Waals surface area contributed by atoms with Gasteiger partial charge in [0.1, 0.15) is 5.60 Å². The Bertz CT molecular complexity index is 640. The first-order chi connectivity index (χ1) is 10.7. The van der Waals surface area contributed by atoms with E-state index in [1.807, 2.05) is 24.3 Å². The van der Waals surface area contributed by atoms with Crippen LogP contribution in [0.2, 0.25) is 0 Å². The number of hydrogen-bond acceptors (Lipinski definition) is 4. The number of amides is 1.